The zero-order valence-electron chi connectivity index (χ0n) is 9.69. The first-order valence-corrected chi connectivity index (χ1v) is 6.40. The van der Waals surface area contributed by atoms with Crippen LogP contribution in [0.5, 0.6) is 0 Å². The van der Waals surface area contributed by atoms with Crippen molar-refractivity contribution in [3.8, 4) is 0 Å². The van der Waals surface area contributed by atoms with Gasteiger partial charge in [0.25, 0.3) is 0 Å². The fraction of sp³-hybridized carbons (Fsp3) is 1.00. The summed E-state index contributed by atoms with van der Waals surface area (Å²) in [5, 5.41) is 0. The molecular formula is C10H20NO3S-. The molecule has 0 radical (unpaired) electrons. The topological polar surface area (TPSA) is 52.6 Å². The van der Waals surface area contributed by atoms with Crippen LogP contribution in [0.25, 0.3) is 0 Å². The lowest BCUT2D eigenvalue weighted by Gasteiger charge is -2.33. The lowest BCUT2D eigenvalue weighted by Crippen LogP contribution is -2.37. The monoisotopic (exact) mass is 234 g/mol. The molecule has 0 aromatic rings. The predicted octanol–water partition coefficient (Wildman–Crippen LogP) is 1.31. The molecule has 5 heteroatoms. The van der Waals surface area contributed by atoms with Crippen LogP contribution in [0.15, 0.2) is 0 Å². The maximum atomic E-state index is 10.7. The van der Waals surface area contributed by atoms with E-state index in [-0.39, 0.29) is 5.60 Å². The van der Waals surface area contributed by atoms with E-state index in [2.05, 4.69) is 0 Å². The van der Waals surface area contributed by atoms with Crippen molar-refractivity contribution in [1.29, 1.82) is 0 Å². The van der Waals surface area contributed by atoms with E-state index in [0.29, 0.717) is 19.0 Å². The molecule has 1 saturated heterocycles. The molecular weight excluding hydrogens is 214 g/mol. The Bertz CT molecular complexity index is 219. The molecule has 1 fully saturated rings. The molecule has 1 heterocycles. The van der Waals surface area contributed by atoms with Crippen LogP contribution >= 0.6 is 0 Å². The fourth-order valence-corrected chi connectivity index (χ4v) is 2.10. The van der Waals surface area contributed by atoms with Gasteiger partial charge in [0.15, 0.2) is 0 Å². The van der Waals surface area contributed by atoms with Gasteiger partial charge < -0.3 is 9.29 Å². The molecule has 0 aromatic heterocycles. The van der Waals surface area contributed by atoms with E-state index < -0.39 is 11.3 Å². The van der Waals surface area contributed by atoms with Crippen molar-refractivity contribution < 1.29 is 13.5 Å². The Morgan fingerprint density at radius 1 is 1.40 bits per heavy atom. The minimum absolute atomic E-state index is 0.0987. The smallest absolute Gasteiger partial charge is 0.0598 e. The van der Waals surface area contributed by atoms with Crippen molar-refractivity contribution >= 4 is 11.3 Å². The zero-order chi connectivity index (χ0) is 11.5. The third-order valence-electron chi connectivity index (χ3n) is 2.54. The standard InChI is InChI=1S/C10H21NO3S/c1-10(2,3)14-8-9-4-6-11(7-5-9)15(12)13/h9H,4-8H2,1-3H3,(H,12,13)/p-1. The quantitative estimate of drug-likeness (QED) is 0.692. The van der Waals surface area contributed by atoms with E-state index in [1.54, 1.807) is 0 Å². The lowest BCUT2D eigenvalue weighted by molar-refractivity contribution is -0.0293. The van der Waals surface area contributed by atoms with Crippen LogP contribution in [0.1, 0.15) is 33.6 Å². The number of hydrogen-bond acceptors (Lipinski definition) is 3. The Hall–Kier alpha value is 0.0300. The minimum Gasteiger partial charge on any atom is -0.760 e. The molecule has 0 N–H and O–H groups in total. The van der Waals surface area contributed by atoms with E-state index in [4.69, 9.17) is 4.74 Å². The molecule has 1 atom stereocenters. The SMILES string of the molecule is CC(C)(C)OCC1CCN(S(=O)[O-])CC1. The van der Waals surface area contributed by atoms with Crippen LogP contribution in [0.2, 0.25) is 0 Å². The minimum atomic E-state index is -2.05. The third kappa shape index (κ3) is 5.06. The second-order valence-electron chi connectivity index (χ2n) is 5.01. The number of piperidine rings is 1. The van der Waals surface area contributed by atoms with Gasteiger partial charge in [0.2, 0.25) is 0 Å². The van der Waals surface area contributed by atoms with Gasteiger partial charge in [-0.3, -0.25) is 4.21 Å². The molecule has 0 spiro atoms. The summed E-state index contributed by atoms with van der Waals surface area (Å²) in [6, 6.07) is 0. The van der Waals surface area contributed by atoms with Crippen molar-refractivity contribution in [1.82, 2.24) is 4.31 Å². The van der Waals surface area contributed by atoms with Gasteiger partial charge in [-0.15, -0.1) is 0 Å². The van der Waals surface area contributed by atoms with Gasteiger partial charge in [-0.2, -0.15) is 0 Å². The summed E-state index contributed by atoms with van der Waals surface area (Å²) in [7, 11) is 0. The molecule has 0 bridgehead atoms. The molecule has 1 aliphatic heterocycles. The van der Waals surface area contributed by atoms with E-state index >= 15 is 0 Å². The highest BCUT2D eigenvalue weighted by Gasteiger charge is 2.21. The van der Waals surface area contributed by atoms with E-state index in [9.17, 15) is 8.76 Å². The predicted molar refractivity (Wildman–Crippen MR) is 58.9 cm³/mol. The van der Waals surface area contributed by atoms with E-state index in [1.165, 1.54) is 4.31 Å². The maximum Gasteiger partial charge on any atom is 0.0598 e. The van der Waals surface area contributed by atoms with Gasteiger partial charge in [-0.25, -0.2) is 4.31 Å². The lowest BCUT2D eigenvalue weighted by atomic mass is 9.99. The Morgan fingerprint density at radius 3 is 2.33 bits per heavy atom. The van der Waals surface area contributed by atoms with Gasteiger partial charge in [-0.1, -0.05) is 0 Å². The Kier molecular flexibility index (Phi) is 4.70. The third-order valence-corrected chi connectivity index (χ3v) is 3.32. The molecule has 90 valence electrons. The Labute approximate surface area is 94.4 Å². The molecule has 0 aromatic carbocycles. The van der Waals surface area contributed by atoms with Crippen LogP contribution in [0.4, 0.5) is 0 Å². The first-order chi connectivity index (χ1) is 6.88. The summed E-state index contributed by atoms with van der Waals surface area (Å²) in [4.78, 5) is 0. The van der Waals surface area contributed by atoms with Crippen LogP contribution in [-0.2, 0) is 16.0 Å². The molecule has 4 nitrogen and oxygen atoms in total. The van der Waals surface area contributed by atoms with Crippen molar-refractivity contribution in [3.63, 3.8) is 0 Å². The van der Waals surface area contributed by atoms with Gasteiger partial charge in [-0.05, 0) is 39.5 Å². The Balaban J connectivity index is 2.23. The Morgan fingerprint density at radius 2 is 1.93 bits per heavy atom. The second-order valence-corrected chi connectivity index (χ2v) is 5.96. The highest BCUT2D eigenvalue weighted by molar-refractivity contribution is 7.76. The van der Waals surface area contributed by atoms with Crippen LogP contribution in [0, 0.1) is 5.92 Å². The largest absolute Gasteiger partial charge is 0.760 e. The van der Waals surface area contributed by atoms with E-state index in [1.807, 2.05) is 20.8 Å². The van der Waals surface area contributed by atoms with Crippen LogP contribution in [0.3, 0.4) is 0 Å². The summed E-state index contributed by atoms with van der Waals surface area (Å²) >= 11 is -2.05. The van der Waals surface area contributed by atoms with Crippen LogP contribution < -0.4 is 0 Å². The highest BCUT2D eigenvalue weighted by atomic mass is 32.2. The summed E-state index contributed by atoms with van der Waals surface area (Å²) < 4.78 is 28.5. The van der Waals surface area contributed by atoms with E-state index in [0.717, 1.165) is 19.4 Å². The van der Waals surface area contributed by atoms with Gasteiger partial charge in [0.05, 0.1) is 12.2 Å². The number of hydrogen-bond donors (Lipinski definition) is 0. The average Bonchev–Trinajstić information content (AvgIpc) is 2.14. The molecule has 15 heavy (non-hydrogen) atoms. The van der Waals surface area contributed by atoms with Crippen molar-refractivity contribution in [3.05, 3.63) is 0 Å². The van der Waals surface area contributed by atoms with Crippen molar-refractivity contribution in [2.45, 2.75) is 39.2 Å². The summed E-state index contributed by atoms with van der Waals surface area (Å²) in [5.74, 6) is 0.504. The molecule has 0 saturated carbocycles. The van der Waals surface area contributed by atoms with Gasteiger partial charge in [0.1, 0.15) is 0 Å². The normalized spacial score (nSPS) is 22.9. The average molecular weight is 234 g/mol. The van der Waals surface area contributed by atoms with Crippen molar-refractivity contribution in [2.75, 3.05) is 19.7 Å². The first-order valence-electron chi connectivity index (χ1n) is 5.37. The number of rotatable bonds is 3. The summed E-state index contributed by atoms with van der Waals surface area (Å²) in [6.45, 7) is 8.11. The van der Waals surface area contributed by atoms with Crippen LogP contribution in [-0.4, -0.2) is 38.4 Å². The molecule has 1 rings (SSSR count). The molecule has 0 amide bonds. The highest BCUT2D eigenvalue weighted by Crippen LogP contribution is 2.20. The van der Waals surface area contributed by atoms with Crippen molar-refractivity contribution in [2.24, 2.45) is 5.92 Å². The summed E-state index contributed by atoms with van der Waals surface area (Å²) in [6.07, 6.45) is 1.81. The first kappa shape index (κ1) is 13.1. The molecule has 1 aliphatic rings. The van der Waals surface area contributed by atoms with Gasteiger partial charge >= 0.3 is 0 Å². The molecule has 0 aliphatic carbocycles. The number of ether oxygens (including phenoxy) is 1. The molecule has 1 unspecified atom stereocenters. The number of nitrogens with zero attached hydrogens (tertiary/aromatic N) is 1. The summed E-state index contributed by atoms with van der Waals surface area (Å²) in [5.41, 5.74) is -0.0987. The fourth-order valence-electron chi connectivity index (χ4n) is 1.59. The maximum absolute atomic E-state index is 10.7. The zero-order valence-corrected chi connectivity index (χ0v) is 10.5. The second kappa shape index (κ2) is 5.39. The van der Waals surface area contributed by atoms with Gasteiger partial charge in [0, 0.05) is 24.4 Å².